The van der Waals surface area contributed by atoms with E-state index in [4.69, 9.17) is 9.90 Å². The zero-order chi connectivity index (χ0) is 25.2. The summed E-state index contributed by atoms with van der Waals surface area (Å²) < 4.78 is 33.5. The largest absolute Gasteiger partial charge is 0.490 e. The van der Waals surface area contributed by atoms with Crippen molar-refractivity contribution in [2.75, 3.05) is 13.1 Å². The fourth-order valence-corrected chi connectivity index (χ4v) is 4.34. The summed E-state index contributed by atoms with van der Waals surface area (Å²) in [4.78, 5) is 40.5. The maximum atomic E-state index is 13.0. The molecule has 0 aliphatic carbocycles. The molecule has 1 saturated heterocycles. The quantitative estimate of drug-likeness (QED) is 0.590. The van der Waals surface area contributed by atoms with Crippen molar-refractivity contribution < 1.29 is 27.9 Å². The van der Waals surface area contributed by atoms with Gasteiger partial charge in [-0.2, -0.15) is 13.2 Å². The van der Waals surface area contributed by atoms with Gasteiger partial charge in [-0.3, -0.25) is 19.1 Å². The summed E-state index contributed by atoms with van der Waals surface area (Å²) in [5.41, 5.74) is 1.39. The van der Waals surface area contributed by atoms with E-state index in [2.05, 4.69) is 15.2 Å². The number of carbonyl (C=O) groups excluding carboxylic acids is 1. The summed E-state index contributed by atoms with van der Waals surface area (Å²) >= 11 is 0. The summed E-state index contributed by atoms with van der Waals surface area (Å²) in [7, 11) is 0. The smallest absolute Gasteiger partial charge is 0.475 e. The number of aromatic nitrogens is 4. The summed E-state index contributed by atoms with van der Waals surface area (Å²) in [5.74, 6) is -2.05. The number of alkyl halides is 3. The fourth-order valence-electron chi connectivity index (χ4n) is 4.34. The molecule has 1 unspecified atom stereocenters. The summed E-state index contributed by atoms with van der Waals surface area (Å²) in [6.45, 7) is 1.82. The molecule has 1 atom stereocenters. The summed E-state index contributed by atoms with van der Waals surface area (Å²) in [5, 5.41) is 15.9. The third-order valence-corrected chi connectivity index (χ3v) is 6.09. The Morgan fingerprint density at radius 2 is 1.60 bits per heavy atom. The third kappa shape index (κ3) is 4.77. The Balaban J connectivity index is 0.000000364. The molecule has 35 heavy (non-hydrogen) atoms. The Morgan fingerprint density at radius 3 is 2.23 bits per heavy atom. The summed E-state index contributed by atoms with van der Waals surface area (Å²) in [6, 6.07) is 12.9. The normalized spacial score (nSPS) is 18.7. The van der Waals surface area contributed by atoms with E-state index < -0.39 is 12.1 Å². The van der Waals surface area contributed by atoms with Crippen molar-refractivity contribution in [2.24, 2.45) is 0 Å². The van der Waals surface area contributed by atoms with Crippen LogP contribution in [-0.4, -0.2) is 60.9 Å². The number of amides is 1. The van der Waals surface area contributed by atoms with Crippen molar-refractivity contribution in [3.05, 3.63) is 76.6 Å². The van der Waals surface area contributed by atoms with Crippen LogP contribution >= 0.6 is 0 Å². The predicted molar refractivity (Wildman–Crippen MR) is 116 cm³/mol. The average Bonchev–Trinajstić information content (AvgIpc) is 3.45. The number of hydrogen-bond donors (Lipinski definition) is 1. The highest BCUT2D eigenvalue weighted by molar-refractivity contribution is 5.94. The van der Waals surface area contributed by atoms with Crippen molar-refractivity contribution in [1.29, 1.82) is 0 Å². The van der Waals surface area contributed by atoms with Crippen molar-refractivity contribution in [1.82, 2.24) is 24.6 Å². The number of hydrogen-bond acceptors (Lipinski definition) is 6. The number of carbonyl (C=O) groups is 2. The van der Waals surface area contributed by atoms with Crippen molar-refractivity contribution in [2.45, 2.75) is 31.0 Å². The van der Waals surface area contributed by atoms with Crippen LogP contribution in [0.3, 0.4) is 0 Å². The van der Waals surface area contributed by atoms with Gasteiger partial charge in [0.1, 0.15) is 5.82 Å². The highest BCUT2D eigenvalue weighted by Gasteiger charge is 2.48. The van der Waals surface area contributed by atoms with Gasteiger partial charge in [0.15, 0.2) is 5.69 Å². The van der Waals surface area contributed by atoms with Gasteiger partial charge in [0.2, 0.25) is 0 Å². The lowest BCUT2D eigenvalue weighted by Crippen LogP contribution is -2.35. The molecule has 182 valence electrons. The Morgan fingerprint density at radius 1 is 0.971 bits per heavy atom. The lowest BCUT2D eigenvalue weighted by atomic mass is 9.85. The number of likely N-dealkylation sites (tertiary alicyclic amines) is 1. The second-order valence-electron chi connectivity index (χ2n) is 8.24. The van der Waals surface area contributed by atoms with Gasteiger partial charge in [0.25, 0.3) is 11.5 Å². The molecule has 1 aromatic carbocycles. The number of rotatable bonds is 2. The Labute approximate surface area is 196 Å². The molecular formula is C23H20F3N5O4. The lowest BCUT2D eigenvalue weighted by Gasteiger charge is -2.23. The zero-order valence-electron chi connectivity index (χ0n) is 18.3. The molecule has 0 saturated carbocycles. The number of benzene rings is 1. The first-order valence-corrected chi connectivity index (χ1v) is 10.7. The summed E-state index contributed by atoms with van der Waals surface area (Å²) in [6.07, 6.45) is -0.238. The van der Waals surface area contributed by atoms with Crippen LogP contribution in [0.25, 0.3) is 11.3 Å². The molecule has 2 aliphatic rings. The molecule has 1 fully saturated rings. The molecule has 3 aromatic rings. The second kappa shape index (κ2) is 9.28. The highest BCUT2D eigenvalue weighted by Crippen LogP contribution is 2.41. The molecule has 1 amide bonds. The van der Waals surface area contributed by atoms with Gasteiger partial charge >= 0.3 is 12.1 Å². The van der Waals surface area contributed by atoms with E-state index in [1.807, 2.05) is 35.2 Å². The van der Waals surface area contributed by atoms with E-state index in [1.165, 1.54) is 0 Å². The maximum Gasteiger partial charge on any atom is 0.490 e. The van der Waals surface area contributed by atoms with E-state index in [0.717, 1.165) is 18.4 Å². The molecular weight excluding hydrogens is 467 g/mol. The minimum Gasteiger partial charge on any atom is -0.475 e. The zero-order valence-corrected chi connectivity index (χ0v) is 18.3. The first kappa shape index (κ1) is 24.0. The molecule has 4 heterocycles. The van der Waals surface area contributed by atoms with Crippen LogP contribution in [0, 0.1) is 0 Å². The fraction of sp³-hybridized carbons (Fsp3) is 0.304. The van der Waals surface area contributed by atoms with E-state index in [1.54, 1.807) is 29.1 Å². The SMILES string of the molecule is O=C(O)C(F)(F)F.O=C(c1ccncc1)N1CCC2(CCn3c2nnc(-c2ccccc2)c3=O)C1. The van der Waals surface area contributed by atoms with Gasteiger partial charge in [0, 0.05) is 43.2 Å². The number of fused-ring (bicyclic) bond motifs is 2. The molecule has 0 radical (unpaired) electrons. The minimum absolute atomic E-state index is 0.00561. The maximum absolute atomic E-state index is 13.0. The van der Waals surface area contributed by atoms with Crippen LogP contribution in [0.4, 0.5) is 13.2 Å². The Kier molecular flexibility index (Phi) is 6.37. The molecule has 2 aliphatic heterocycles. The molecule has 12 heteroatoms. The topological polar surface area (TPSA) is 118 Å². The van der Waals surface area contributed by atoms with E-state index in [-0.39, 0.29) is 16.9 Å². The van der Waals surface area contributed by atoms with Crippen molar-refractivity contribution in [3.63, 3.8) is 0 Å². The average molecular weight is 487 g/mol. The Bertz CT molecular complexity index is 1300. The minimum atomic E-state index is -5.08. The van der Waals surface area contributed by atoms with Gasteiger partial charge in [-0.05, 0) is 25.0 Å². The molecule has 0 bridgehead atoms. The lowest BCUT2D eigenvalue weighted by molar-refractivity contribution is -0.192. The molecule has 2 aromatic heterocycles. The van der Waals surface area contributed by atoms with Crippen molar-refractivity contribution in [3.8, 4) is 11.3 Å². The number of nitrogens with zero attached hydrogens (tertiary/aromatic N) is 5. The number of carboxylic acids is 1. The first-order chi connectivity index (χ1) is 16.6. The van der Waals surface area contributed by atoms with Gasteiger partial charge in [-0.25, -0.2) is 4.79 Å². The molecule has 1 N–H and O–H groups in total. The van der Waals surface area contributed by atoms with Crippen LogP contribution < -0.4 is 5.56 Å². The van der Waals surface area contributed by atoms with Gasteiger partial charge in [-0.1, -0.05) is 30.3 Å². The highest BCUT2D eigenvalue weighted by atomic mass is 19.4. The van der Waals surface area contributed by atoms with Crippen LogP contribution in [0.5, 0.6) is 0 Å². The van der Waals surface area contributed by atoms with Gasteiger partial charge < -0.3 is 10.0 Å². The molecule has 1 spiro atoms. The van der Waals surface area contributed by atoms with Gasteiger partial charge in [0.05, 0.1) is 5.41 Å². The Hall–Kier alpha value is -4.09. The predicted octanol–water partition coefficient (Wildman–Crippen LogP) is 2.52. The van der Waals surface area contributed by atoms with Gasteiger partial charge in [-0.15, -0.1) is 10.2 Å². The van der Waals surface area contributed by atoms with Crippen molar-refractivity contribution >= 4 is 11.9 Å². The number of pyridine rings is 1. The van der Waals surface area contributed by atoms with E-state index in [9.17, 15) is 22.8 Å². The van der Waals surface area contributed by atoms with E-state index in [0.29, 0.717) is 36.7 Å². The monoisotopic (exact) mass is 487 g/mol. The second-order valence-corrected chi connectivity index (χ2v) is 8.24. The van der Waals surface area contributed by atoms with E-state index >= 15 is 0 Å². The first-order valence-electron chi connectivity index (χ1n) is 10.7. The van der Waals surface area contributed by atoms with Crippen LogP contribution in [0.2, 0.25) is 0 Å². The number of aliphatic carboxylic acids is 1. The van der Waals surface area contributed by atoms with Crippen LogP contribution in [0.1, 0.15) is 29.0 Å². The molecule has 5 rings (SSSR count). The van der Waals surface area contributed by atoms with Crippen LogP contribution in [0.15, 0.2) is 59.7 Å². The van der Waals surface area contributed by atoms with Crippen LogP contribution in [-0.2, 0) is 16.8 Å². The molecule has 9 nitrogen and oxygen atoms in total. The standard InChI is InChI=1S/C21H19N5O2.C2HF3O2/c27-18(16-6-10-22-11-7-16)25-12-8-21(14-25)9-13-26-19(28)17(23-24-20(21)26)15-4-2-1-3-5-15;3-2(4,5)1(6)7/h1-7,10-11H,8-9,12-14H2;(H,6,7). The number of carboxylic acid groups (broad SMARTS) is 1. The number of halogens is 3. The third-order valence-electron chi connectivity index (χ3n) is 6.09.